The third-order valence-electron chi connectivity index (χ3n) is 2.19. The van der Waals surface area contributed by atoms with Crippen LogP contribution in [0.5, 0.6) is 0 Å². The fraction of sp³-hybridized carbons (Fsp3) is 0.333. The number of aliphatic carboxylic acids is 1. The lowest BCUT2D eigenvalue weighted by Crippen LogP contribution is -2.30. The molecule has 19 heavy (non-hydrogen) atoms. The van der Waals surface area contributed by atoms with Gasteiger partial charge in [0.1, 0.15) is 13.2 Å². The molecule has 0 bridgehead atoms. The Morgan fingerprint density at radius 3 is 2.63 bits per heavy atom. The number of carbonyl (C=O) groups excluding carboxylic acids is 1. The number of amides is 1. The Kier molecular flexibility index (Phi) is 6.62. The Bertz CT molecular complexity index is 465. The van der Waals surface area contributed by atoms with Crippen molar-refractivity contribution in [3.8, 4) is 0 Å². The van der Waals surface area contributed by atoms with Gasteiger partial charge in [0.15, 0.2) is 0 Å². The fourth-order valence-electron chi connectivity index (χ4n) is 1.34. The van der Waals surface area contributed by atoms with Gasteiger partial charge in [0.2, 0.25) is 5.91 Å². The van der Waals surface area contributed by atoms with Crippen LogP contribution in [0.4, 0.5) is 0 Å². The minimum absolute atomic E-state index is 0.277. The van der Waals surface area contributed by atoms with E-state index in [1.807, 2.05) is 0 Å². The molecule has 2 N–H and O–H groups in total. The predicted molar refractivity (Wildman–Crippen MR) is 71.6 cm³/mol. The number of carbonyl (C=O) groups is 2. The van der Waals surface area contributed by atoms with Crippen molar-refractivity contribution < 1.29 is 19.4 Å². The molecule has 1 amide bonds. The second-order valence-corrected chi connectivity index (χ2v) is 4.57. The summed E-state index contributed by atoms with van der Waals surface area (Å²) >= 11 is 11.7. The van der Waals surface area contributed by atoms with Gasteiger partial charge >= 0.3 is 5.97 Å². The summed E-state index contributed by atoms with van der Waals surface area (Å²) in [4.78, 5) is 21.4. The Morgan fingerprint density at radius 1 is 1.26 bits per heavy atom. The third-order valence-corrected chi connectivity index (χ3v) is 2.78. The minimum atomic E-state index is -1.11. The maximum Gasteiger partial charge on any atom is 0.329 e. The summed E-state index contributed by atoms with van der Waals surface area (Å²) in [5.74, 6) is -1.48. The number of nitrogens with one attached hydrogen (secondary N) is 1. The fourth-order valence-corrected chi connectivity index (χ4v) is 1.85. The number of hydrogen-bond donors (Lipinski definition) is 2. The summed E-state index contributed by atoms with van der Waals surface area (Å²) in [6.45, 7) is -0.381. The monoisotopic (exact) mass is 305 g/mol. The van der Waals surface area contributed by atoms with Gasteiger partial charge in [0.05, 0.1) is 0 Å². The van der Waals surface area contributed by atoms with E-state index in [2.05, 4.69) is 10.1 Å². The number of rotatable bonds is 7. The Balaban J connectivity index is 2.26. The van der Waals surface area contributed by atoms with Crippen LogP contribution in [0.1, 0.15) is 5.56 Å². The Morgan fingerprint density at radius 2 is 2.00 bits per heavy atom. The number of carboxylic acid groups (broad SMARTS) is 1. The van der Waals surface area contributed by atoms with Crippen LogP contribution in [0.15, 0.2) is 18.2 Å². The van der Waals surface area contributed by atoms with Crippen LogP contribution in [-0.4, -0.2) is 36.7 Å². The van der Waals surface area contributed by atoms with Crippen molar-refractivity contribution in [3.63, 3.8) is 0 Å². The number of ether oxygens (including phenoxy) is 1. The maximum absolute atomic E-state index is 11.3. The molecule has 0 heterocycles. The molecule has 0 fully saturated rings. The molecule has 1 aromatic carbocycles. The SMILES string of the molecule is O=C(O)COCC(=O)NCCc1ccc(Cl)cc1Cl. The van der Waals surface area contributed by atoms with E-state index in [9.17, 15) is 9.59 Å². The lowest BCUT2D eigenvalue weighted by molar-refractivity contribution is -0.143. The highest BCUT2D eigenvalue weighted by Gasteiger charge is 2.05. The van der Waals surface area contributed by atoms with Crippen molar-refractivity contribution in [1.29, 1.82) is 0 Å². The van der Waals surface area contributed by atoms with Gasteiger partial charge in [-0.3, -0.25) is 4.79 Å². The number of benzene rings is 1. The van der Waals surface area contributed by atoms with Crippen LogP contribution >= 0.6 is 23.2 Å². The van der Waals surface area contributed by atoms with Gasteiger partial charge in [-0.1, -0.05) is 29.3 Å². The number of carboxylic acids is 1. The lowest BCUT2D eigenvalue weighted by atomic mass is 10.1. The smallest absolute Gasteiger partial charge is 0.329 e. The molecule has 0 saturated carbocycles. The lowest BCUT2D eigenvalue weighted by Gasteiger charge is -2.07. The van der Waals surface area contributed by atoms with Gasteiger partial charge in [-0.05, 0) is 24.1 Å². The van der Waals surface area contributed by atoms with Crippen molar-refractivity contribution >= 4 is 35.1 Å². The van der Waals surface area contributed by atoms with Gasteiger partial charge in [0.25, 0.3) is 0 Å². The first-order chi connectivity index (χ1) is 8.99. The molecule has 0 aliphatic rings. The molecular weight excluding hydrogens is 293 g/mol. The van der Waals surface area contributed by atoms with Crippen molar-refractivity contribution in [2.45, 2.75) is 6.42 Å². The first kappa shape index (κ1) is 15.8. The van der Waals surface area contributed by atoms with Crippen molar-refractivity contribution in [2.75, 3.05) is 19.8 Å². The summed E-state index contributed by atoms with van der Waals surface area (Å²) < 4.78 is 4.64. The Hall–Kier alpha value is -1.30. The molecule has 0 aliphatic carbocycles. The molecule has 0 aromatic heterocycles. The second-order valence-electron chi connectivity index (χ2n) is 3.72. The van der Waals surface area contributed by atoms with E-state index < -0.39 is 12.6 Å². The van der Waals surface area contributed by atoms with Crippen LogP contribution in [0, 0.1) is 0 Å². The van der Waals surface area contributed by atoms with Crippen molar-refractivity contribution in [2.24, 2.45) is 0 Å². The number of hydrogen-bond acceptors (Lipinski definition) is 3. The predicted octanol–water partition coefficient (Wildman–Crippen LogP) is 1.75. The molecule has 104 valence electrons. The molecule has 0 radical (unpaired) electrons. The second kappa shape index (κ2) is 7.99. The molecule has 0 saturated heterocycles. The molecule has 7 heteroatoms. The highest BCUT2D eigenvalue weighted by Crippen LogP contribution is 2.20. The normalized spacial score (nSPS) is 10.2. The Labute approximate surface area is 120 Å². The van der Waals surface area contributed by atoms with Gasteiger partial charge in [-0.2, -0.15) is 0 Å². The zero-order chi connectivity index (χ0) is 14.3. The van der Waals surface area contributed by atoms with Crippen LogP contribution in [-0.2, 0) is 20.7 Å². The largest absolute Gasteiger partial charge is 0.480 e. The highest BCUT2D eigenvalue weighted by atomic mass is 35.5. The number of halogens is 2. The molecule has 0 atom stereocenters. The van der Waals surface area contributed by atoms with Crippen LogP contribution < -0.4 is 5.32 Å². The summed E-state index contributed by atoms with van der Waals surface area (Å²) in [6.07, 6.45) is 0.556. The van der Waals surface area contributed by atoms with Crippen LogP contribution in [0.2, 0.25) is 10.0 Å². The molecule has 1 aromatic rings. The van der Waals surface area contributed by atoms with Crippen LogP contribution in [0.3, 0.4) is 0 Å². The van der Waals surface area contributed by atoms with E-state index in [1.54, 1.807) is 18.2 Å². The maximum atomic E-state index is 11.3. The van der Waals surface area contributed by atoms with Crippen LogP contribution in [0.25, 0.3) is 0 Å². The summed E-state index contributed by atoms with van der Waals surface area (Å²) in [6, 6.07) is 5.15. The van der Waals surface area contributed by atoms with E-state index in [1.165, 1.54) is 0 Å². The van der Waals surface area contributed by atoms with E-state index >= 15 is 0 Å². The molecular formula is C12H13Cl2NO4. The molecule has 1 rings (SSSR count). The first-order valence-electron chi connectivity index (χ1n) is 5.49. The van der Waals surface area contributed by atoms with Crippen molar-refractivity contribution in [3.05, 3.63) is 33.8 Å². The molecule has 5 nitrogen and oxygen atoms in total. The summed E-state index contributed by atoms with van der Waals surface area (Å²) in [7, 11) is 0. The third kappa shape index (κ3) is 6.42. The molecule has 0 spiro atoms. The topological polar surface area (TPSA) is 75.6 Å². The summed E-state index contributed by atoms with van der Waals surface area (Å²) in [5, 5.41) is 12.0. The van der Waals surface area contributed by atoms with Crippen molar-refractivity contribution in [1.82, 2.24) is 5.32 Å². The zero-order valence-electron chi connectivity index (χ0n) is 9.99. The average Bonchev–Trinajstić information content (AvgIpc) is 2.31. The molecule has 0 aliphatic heterocycles. The first-order valence-corrected chi connectivity index (χ1v) is 6.25. The molecule has 0 unspecified atom stereocenters. The van der Waals surface area contributed by atoms with E-state index in [0.29, 0.717) is 23.0 Å². The highest BCUT2D eigenvalue weighted by molar-refractivity contribution is 6.35. The van der Waals surface area contributed by atoms with Gasteiger partial charge in [0, 0.05) is 16.6 Å². The quantitative estimate of drug-likeness (QED) is 0.805. The average molecular weight is 306 g/mol. The van der Waals surface area contributed by atoms with Gasteiger partial charge in [-0.15, -0.1) is 0 Å². The minimum Gasteiger partial charge on any atom is -0.480 e. The van der Waals surface area contributed by atoms with Gasteiger partial charge in [-0.25, -0.2) is 4.79 Å². The zero-order valence-corrected chi connectivity index (χ0v) is 11.5. The van der Waals surface area contributed by atoms with E-state index in [4.69, 9.17) is 28.3 Å². The standard InChI is InChI=1S/C12H13Cl2NO4/c13-9-2-1-8(10(14)5-9)3-4-15-11(16)6-19-7-12(17)18/h1-2,5H,3-4,6-7H2,(H,15,16)(H,17,18). The summed E-state index contributed by atoms with van der Waals surface area (Å²) in [5.41, 5.74) is 0.873. The van der Waals surface area contributed by atoms with Gasteiger partial charge < -0.3 is 15.2 Å². The van der Waals surface area contributed by atoms with E-state index in [0.717, 1.165) is 5.56 Å². The van der Waals surface area contributed by atoms with E-state index in [-0.39, 0.29) is 12.5 Å².